The number of nitrogens with zero attached hydrogens (tertiary/aromatic N) is 2. The third-order valence-corrected chi connectivity index (χ3v) is 6.03. The van der Waals surface area contributed by atoms with Crippen LogP contribution in [0.3, 0.4) is 0 Å². The summed E-state index contributed by atoms with van der Waals surface area (Å²) in [6, 6.07) is 8.99. The molecule has 7 nitrogen and oxygen atoms in total. The van der Waals surface area contributed by atoms with Crippen LogP contribution < -0.4 is 9.47 Å². The molecule has 0 fully saturated rings. The molecule has 0 spiro atoms. The van der Waals surface area contributed by atoms with Crippen LogP contribution in [-0.4, -0.2) is 41.5 Å². The third kappa shape index (κ3) is 6.88. The number of fused-ring (bicyclic) bond motifs is 1. The summed E-state index contributed by atoms with van der Waals surface area (Å²) in [5.74, 6) is -0.288. The van der Waals surface area contributed by atoms with Crippen LogP contribution in [0.2, 0.25) is 0 Å². The first-order chi connectivity index (χ1) is 18.8. The van der Waals surface area contributed by atoms with E-state index < -0.39 is 47.4 Å². The zero-order valence-electron chi connectivity index (χ0n) is 21.1. The Bertz CT molecular complexity index is 1320. The molecule has 40 heavy (non-hydrogen) atoms. The molecule has 0 aliphatic carbocycles. The van der Waals surface area contributed by atoms with Crippen LogP contribution in [0.15, 0.2) is 59.2 Å². The molecule has 2 heterocycles. The predicted molar refractivity (Wildman–Crippen MR) is 128 cm³/mol. The lowest BCUT2D eigenvalue weighted by Gasteiger charge is -2.27. The number of furan rings is 1. The van der Waals surface area contributed by atoms with Gasteiger partial charge < -0.3 is 23.7 Å². The molecule has 0 radical (unpaired) electrons. The maximum atomic E-state index is 13.5. The number of ether oxygens (including phenoxy) is 2. The lowest BCUT2D eigenvalue weighted by molar-refractivity contribution is -0.143. The van der Waals surface area contributed by atoms with Gasteiger partial charge in [-0.25, -0.2) is 0 Å². The Kier molecular flexibility index (Phi) is 8.31. The van der Waals surface area contributed by atoms with Crippen molar-refractivity contribution >= 4 is 11.8 Å². The highest BCUT2D eigenvalue weighted by molar-refractivity contribution is 5.97. The van der Waals surface area contributed by atoms with E-state index in [-0.39, 0.29) is 32.5 Å². The first kappa shape index (κ1) is 28.8. The fourth-order valence-electron chi connectivity index (χ4n) is 4.13. The zero-order valence-corrected chi connectivity index (χ0v) is 21.1. The SMILES string of the molecule is CCCN(CC(=O)N(Cc1ccc2c(c1)OCO2)Cc1ccco1)C(=O)c1cc(C(F)(F)F)cc(C(F)(F)F)c1. The molecular formula is C27H24F6N2O5. The Morgan fingerprint density at radius 3 is 2.12 bits per heavy atom. The second-order valence-electron chi connectivity index (χ2n) is 9.04. The highest BCUT2D eigenvalue weighted by Crippen LogP contribution is 2.37. The van der Waals surface area contributed by atoms with Crippen molar-refractivity contribution in [3.63, 3.8) is 0 Å². The van der Waals surface area contributed by atoms with E-state index in [1.54, 1.807) is 37.3 Å². The molecule has 2 aromatic carbocycles. The molecule has 0 N–H and O–H groups in total. The molecule has 0 unspecified atom stereocenters. The lowest BCUT2D eigenvalue weighted by Crippen LogP contribution is -2.43. The highest BCUT2D eigenvalue weighted by atomic mass is 19.4. The van der Waals surface area contributed by atoms with Gasteiger partial charge in [-0.15, -0.1) is 0 Å². The van der Waals surface area contributed by atoms with Gasteiger partial charge in [0.2, 0.25) is 12.7 Å². The van der Waals surface area contributed by atoms with Crippen LogP contribution in [0.5, 0.6) is 11.5 Å². The second kappa shape index (κ2) is 11.5. The maximum Gasteiger partial charge on any atom is 0.416 e. The van der Waals surface area contributed by atoms with E-state index >= 15 is 0 Å². The predicted octanol–water partition coefficient (Wildman–Crippen LogP) is 6.13. The molecule has 3 aromatic rings. The number of hydrogen-bond donors (Lipinski definition) is 0. The number of halogens is 6. The molecule has 13 heteroatoms. The Balaban J connectivity index is 1.61. The van der Waals surface area contributed by atoms with E-state index in [2.05, 4.69) is 0 Å². The summed E-state index contributed by atoms with van der Waals surface area (Å²) in [4.78, 5) is 29.0. The minimum absolute atomic E-state index is 0.00376. The number of amides is 2. The van der Waals surface area contributed by atoms with Crippen molar-refractivity contribution in [2.45, 2.75) is 38.8 Å². The van der Waals surface area contributed by atoms with E-state index in [9.17, 15) is 35.9 Å². The van der Waals surface area contributed by atoms with Gasteiger partial charge in [0.1, 0.15) is 12.3 Å². The van der Waals surface area contributed by atoms with Crippen molar-refractivity contribution in [3.8, 4) is 11.5 Å². The summed E-state index contributed by atoms with van der Waals surface area (Å²) in [5, 5.41) is 0. The minimum atomic E-state index is -5.12. The summed E-state index contributed by atoms with van der Waals surface area (Å²) < 4.78 is 96.2. The summed E-state index contributed by atoms with van der Waals surface area (Å²) in [5.41, 5.74) is -3.40. The lowest BCUT2D eigenvalue weighted by atomic mass is 10.0. The molecule has 0 saturated carbocycles. The monoisotopic (exact) mass is 570 g/mol. The van der Waals surface area contributed by atoms with Gasteiger partial charge in [0.15, 0.2) is 11.5 Å². The standard InChI is InChI=1S/C27H24F6N2O5/c1-2-7-34(25(37)18-10-19(26(28,29)30)12-20(11-18)27(31,32)33)15-24(36)35(14-21-4-3-8-38-21)13-17-5-6-22-23(9-17)40-16-39-22/h3-6,8-12H,2,7,13-16H2,1H3. The number of carbonyl (C=O) groups excluding carboxylic acids is 2. The first-order valence-electron chi connectivity index (χ1n) is 12.1. The molecule has 0 saturated heterocycles. The van der Waals surface area contributed by atoms with Gasteiger partial charge in [-0.1, -0.05) is 13.0 Å². The van der Waals surface area contributed by atoms with Crippen molar-refractivity contribution in [1.82, 2.24) is 9.80 Å². The average Bonchev–Trinajstić information content (AvgIpc) is 3.58. The van der Waals surface area contributed by atoms with Gasteiger partial charge in [0.25, 0.3) is 5.91 Å². The molecule has 0 bridgehead atoms. The summed E-state index contributed by atoms with van der Waals surface area (Å²) in [6.45, 7) is 1.08. The maximum absolute atomic E-state index is 13.5. The molecule has 0 atom stereocenters. The largest absolute Gasteiger partial charge is 0.467 e. The van der Waals surface area contributed by atoms with Gasteiger partial charge in [-0.2, -0.15) is 26.3 Å². The molecule has 2 amide bonds. The number of carbonyl (C=O) groups is 2. The number of hydrogen-bond acceptors (Lipinski definition) is 5. The molecule has 4 rings (SSSR count). The number of alkyl halides is 6. The van der Waals surface area contributed by atoms with E-state index in [0.29, 0.717) is 41.4 Å². The molecular weight excluding hydrogens is 546 g/mol. The molecule has 214 valence electrons. The molecule has 1 aliphatic heterocycles. The Hall–Kier alpha value is -4.16. The second-order valence-corrected chi connectivity index (χ2v) is 9.04. The van der Waals surface area contributed by atoms with Crippen LogP contribution in [0.4, 0.5) is 26.3 Å². The van der Waals surface area contributed by atoms with Crippen LogP contribution in [0.1, 0.15) is 46.2 Å². The van der Waals surface area contributed by atoms with Crippen molar-refractivity contribution in [3.05, 3.63) is 82.8 Å². The summed E-state index contributed by atoms with van der Waals surface area (Å²) in [6.07, 6.45) is -8.53. The summed E-state index contributed by atoms with van der Waals surface area (Å²) in [7, 11) is 0. The van der Waals surface area contributed by atoms with Crippen molar-refractivity contribution in [1.29, 1.82) is 0 Å². The topological polar surface area (TPSA) is 72.2 Å². The first-order valence-corrected chi connectivity index (χ1v) is 12.1. The van der Waals surface area contributed by atoms with Crippen LogP contribution >= 0.6 is 0 Å². The van der Waals surface area contributed by atoms with Crippen molar-refractivity contribution in [2.75, 3.05) is 19.9 Å². The van der Waals surface area contributed by atoms with Gasteiger partial charge in [-0.3, -0.25) is 9.59 Å². The number of rotatable bonds is 9. The third-order valence-electron chi connectivity index (χ3n) is 6.03. The van der Waals surface area contributed by atoms with Gasteiger partial charge in [0.05, 0.1) is 23.9 Å². The Morgan fingerprint density at radius 2 is 1.52 bits per heavy atom. The van der Waals surface area contributed by atoms with Gasteiger partial charge in [-0.05, 0) is 54.4 Å². The highest BCUT2D eigenvalue weighted by Gasteiger charge is 2.38. The molecule has 1 aliphatic rings. The minimum Gasteiger partial charge on any atom is -0.467 e. The smallest absolute Gasteiger partial charge is 0.416 e. The van der Waals surface area contributed by atoms with E-state index in [1.165, 1.54) is 11.2 Å². The normalized spacial score (nSPS) is 12.9. The van der Waals surface area contributed by atoms with Gasteiger partial charge in [0, 0.05) is 18.7 Å². The van der Waals surface area contributed by atoms with Crippen LogP contribution in [0, 0.1) is 0 Å². The average molecular weight is 570 g/mol. The van der Waals surface area contributed by atoms with Crippen LogP contribution in [0.25, 0.3) is 0 Å². The Labute approximate surface area is 224 Å². The van der Waals surface area contributed by atoms with Gasteiger partial charge >= 0.3 is 12.4 Å². The quantitative estimate of drug-likeness (QED) is 0.290. The fourth-order valence-corrected chi connectivity index (χ4v) is 4.13. The van der Waals surface area contributed by atoms with Crippen LogP contribution in [-0.2, 0) is 30.2 Å². The van der Waals surface area contributed by atoms with E-state index in [4.69, 9.17) is 13.9 Å². The van der Waals surface area contributed by atoms with Crippen molar-refractivity contribution in [2.24, 2.45) is 0 Å². The van der Waals surface area contributed by atoms with Crippen molar-refractivity contribution < 1.29 is 49.8 Å². The van der Waals surface area contributed by atoms with E-state index in [0.717, 1.165) is 4.90 Å². The van der Waals surface area contributed by atoms with E-state index in [1.807, 2.05) is 0 Å². The fraction of sp³-hybridized carbons (Fsp3) is 0.333. The summed E-state index contributed by atoms with van der Waals surface area (Å²) >= 11 is 0. The zero-order chi connectivity index (χ0) is 29.1. The number of benzene rings is 2. The Morgan fingerprint density at radius 1 is 0.850 bits per heavy atom. The molecule has 1 aromatic heterocycles.